The second-order valence-corrected chi connectivity index (χ2v) is 10.0. The zero-order valence-electron chi connectivity index (χ0n) is 17.0. The van der Waals surface area contributed by atoms with Crippen molar-refractivity contribution in [2.75, 3.05) is 11.8 Å². The van der Waals surface area contributed by atoms with Crippen molar-refractivity contribution in [3.8, 4) is 22.6 Å². The third-order valence-corrected chi connectivity index (χ3v) is 7.56. The van der Waals surface area contributed by atoms with E-state index in [4.69, 9.17) is 10.00 Å². The number of hydrogen-bond acceptors (Lipinski definition) is 7. The first-order valence-electron chi connectivity index (χ1n) is 9.66. The van der Waals surface area contributed by atoms with Crippen LogP contribution in [0, 0.1) is 22.7 Å². The number of ether oxygens (including phenoxy) is 1. The van der Waals surface area contributed by atoms with E-state index in [9.17, 15) is 18.5 Å². The molecule has 1 aliphatic rings. The molecule has 0 spiro atoms. The zero-order chi connectivity index (χ0) is 22.9. The summed E-state index contributed by atoms with van der Waals surface area (Å²) in [5, 5.41) is 18.4. The molecule has 0 saturated heterocycles. The summed E-state index contributed by atoms with van der Waals surface area (Å²) in [5.74, 6) is -0.507. The van der Waals surface area contributed by atoms with Gasteiger partial charge in [-0.2, -0.15) is 10.5 Å². The van der Waals surface area contributed by atoms with Crippen LogP contribution >= 0.6 is 11.3 Å². The lowest BCUT2D eigenvalue weighted by molar-refractivity contribution is 0.0600. The molecule has 3 aromatic rings. The predicted molar refractivity (Wildman–Crippen MR) is 120 cm³/mol. The van der Waals surface area contributed by atoms with E-state index in [1.165, 1.54) is 30.6 Å². The number of rotatable bonds is 6. The van der Waals surface area contributed by atoms with Crippen molar-refractivity contribution >= 4 is 33.0 Å². The van der Waals surface area contributed by atoms with E-state index in [0.717, 1.165) is 12.8 Å². The maximum Gasteiger partial charge on any atom is 0.337 e. The normalized spacial score (nSPS) is 13.1. The molecule has 1 saturated carbocycles. The molecule has 0 amide bonds. The van der Waals surface area contributed by atoms with Gasteiger partial charge in [0.2, 0.25) is 0 Å². The van der Waals surface area contributed by atoms with Crippen LogP contribution in [-0.2, 0) is 14.8 Å². The Hall–Kier alpha value is -3.66. The van der Waals surface area contributed by atoms with Gasteiger partial charge in [-0.05, 0) is 60.7 Å². The number of sulfonamides is 1. The summed E-state index contributed by atoms with van der Waals surface area (Å²) in [6, 6.07) is 16.7. The summed E-state index contributed by atoms with van der Waals surface area (Å²) in [6.45, 7) is 0. The molecule has 1 aromatic heterocycles. The Bertz CT molecular complexity index is 1410. The van der Waals surface area contributed by atoms with Crippen molar-refractivity contribution in [1.29, 1.82) is 10.5 Å². The summed E-state index contributed by atoms with van der Waals surface area (Å²) < 4.78 is 34.3. The van der Waals surface area contributed by atoms with E-state index >= 15 is 0 Å². The average Bonchev–Trinajstić information content (AvgIpc) is 3.54. The van der Waals surface area contributed by atoms with Gasteiger partial charge in [0.15, 0.2) is 0 Å². The number of benzene rings is 2. The smallest absolute Gasteiger partial charge is 0.337 e. The Morgan fingerprint density at radius 3 is 2.50 bits per heavy atom. The fourth-order valence-electron chi connectivity index (χ4n) is 3.40. The molecule has 1 fully saturated rings. The number of nitrogens with zero attached hydrogens (tertiary/aromatic N) is 2. The second-order valence-electron chi connectivity index (χ2n) is 7.27. The Balaban J connectivity index is 1.81. The van der Waals surface area contributed by atoms with Crippen molar-refractivity contribution < 1.29 is 17.9 Å². The molecule has 4 rings (SSSR count). The van der Waals surface area contributed by atoms with Crippen molar-refractivity contribution in [2.45, 2.75) is 23.7 Å². The van der Waals surface area contributed by atoms with Crippen LogP contribution in [0.25, 0.3) is 10.4 Å². The van der Waals surface area contributed by atoms with Gasteiger partial charge in [-0.1, -0.05) is 12.1 Å². The molecule has 0 unspecified atom stereocenters. The standard InChI is InChI=1S/C23H17N3O4S2/c1-30-23(27)16-5-8-18(15-3-4-15)22(11-16)32(28,29)26-20-10-14(12-24)2-7-19(20)21-9-6-17(13-25)31-21/h2,5-11,15,26H,3-4H2,1H3. The number of thiophene rings is 1. The lowest BCUT2D eigenvalue weighted by Gasteiger charge is -2.15. The molecule has 7 nitrogen and oxygen atoms in total. The molecule has 32 heavy (non-hydrogen) atoms. The van der Waals surface area contributed by atoms with Gasteiger partial charge >= 0.3 is 5.97 Å². The Morgan fingerprint density at radius 2 is 1.88 bits per heavy atom. The van der Waals surface area contributed by atoms with Crippen LogP contribution in [-0.4, -0.2) is 21.5 Å². The number of methoxy groups -OCH3 is 1. The number of hydrogen-bond donors (Lipinski definition) is 1. The minimum absolute atomic E-state index is 0.0140. The lowest BCUT2D eigenvalue weighted by atomic mass is 10.1. The van der Waals surface area contributed by atoms with Crippen LogP contribution in [0.3, 0.4) is 0 Å². The quantitative estimate of drug-likeness (QED) is 0.533. The van der Waals surface area contributed by atoms with E-state index in [0.29, 0.717) is 20.9 Å². The molecule has 9 heteroatoms. The van der Waals surface area contributed by atoms with Crippen LogP contribution in [0.2, 0.25) is 0 Å². The van der Waals surface area contributed by atoms with Crippen LogP contribution in [0.4, 0.5) is 5.69 Å². The lowest BCUT2D eigenvalue weighted by Crippen LogP contribution is -2.17. The van der Waals surface area contributed by atoms with Gasteiger partial charge in [-0.25, -0.2) is 13.2 Å². The van der Waals surface area contributed by atoms with Gasteiger partial charge in [-0.3, -0.25) is 4.72 Å². The van der Waals surface area contributed by atoms with E-state index in [2.05, 4.69) is 10.8 Å². The third kappa shape index (κ3) is 4.22. The molecule has 1 N–H and O–H groups in total. The summed E-state index contributed by atoms with van der Waals surface area (Å²) >= 11 is 1.22. The molecule has 160 valence electrons. The average molecular weight is 464 g/mol. The van der Waals surface area contributed by atoms with Crippen LogP contribution in [0.15, 0.2) is 53.4 Å². The largest absolute Gasteiger partial charge is 0.465 e. The summed E-state index contributed by atoms with van der Waals surface area (Å²) in [6.07, 6.45) is 1.75. The first-order valence-corrected chi connectivity index (χ1v) is 12.0. The van der Waals surface area contributed by atoms with E-state index in [-0.39, 0.29) is 27.6 Å². The second kappa shape index (κ2) is 8.46. The van der Waals surface area contributed by atoms with Crippen LogP contribution in [0.1, 0.15) is 45.1 Å². The number of nitriles is 2. The first-order chi connectivity index (χ1) is 15.4. The highest BCUT2D eigenvalue weighted by Crippen LogP contribution is 2.44. The number of carbonyl (C=O) groups is 1. The van der Waals surface area contributed by atoms with Crippen molar-refractivity contribution in [1.82, 2.24) is 0 Å². The third-order valence-electron chi connectivity index (χ3n) is 5.12. The van der Waals surface area contributed by atoms with Crippen LogP contribution in [0.5, 0.6) is 0 Å². The van der Waals surface area contributed by atoms with Crippen molar-refractivity contribution in [3.63, 3.8) is 0 Å². The number of esters is 1. The molecule has 2 aromatic carbocycles. The van der Waals surface area contributed by atoms with Crippen LogP contribution < -0.4 is 4.72 Å². The summed E-state index contributed by atoms with van der Waals surface area (Å²) in [7, 11) is -2.86. The number of carbonyl (C=O) groups excluding carboxylic acids is 1. The Kier molecular flexibility index (Phi) is 5.70. The minimum atomic E-state index is -4.10. The van der Waals surface area contributed by atoms with Gasteiger partial charge in [-0.15, -0.1) is 11.3 Å². The topological polar surface area (TPSA) is 120 Å². The van der Waals surface area contributed by atoms with E-state index in [1.54, 1.807) is 36.4 Å². The molecule has 0 bridgehead atoms. The minimum Gasteiger partial charge on any atom is -0.465 e. The van der Waals surface area contributed by atoms with Gasteiger partial charge in [0.25, 0.3) is 10.0 Å². The monoisotopic (exact) mass is 463 g/mol. The highest BCUT2D eigenvalue weighted by atomic mass is 32.2. The highest BCUT2D eigenvalue weighted by molar-refractivity contribution is 7.92. The highest BCUT2D eigenvalue weighted by Gasteiger charge is 2.32. The van der Waals surface area contributed by atoms with E-state index < -0.39 is 16.0 Å². The fraction of sp³-hybridized carbons (Fsp3) is 0.174. The molecule has 1 aliphatic carbocycles. The SMILES string of the molecule is COC(=O)c1ccc(C2CC2)c(S(=O)(=O)Nc2cc(C#N)ccc2-c2ccc(C#N)s2)c1. The zero-order valence-corrected chi connectivity index (χ0v) is 18.6. The summed E-state index contributed by atoms with van der Waals surface area (Å²) in [4.78, 5) is 13.2. The van der Waals surface area contributed by atoms with Crippen molar-refractivity contribution in [3.05, 3.63) is 70.1 Å². The van der Waals surface area contributed by atoms with Gasteiger partial charge < -0.3 is 4.74 Å². The van der Waals surface area contributed by atoms with E-state index in [1.807, 2.05) is 6.07 Å². The predicted octanol–water partition coefficient (Wildman–Crippen LogP) is 4.62. The molecular weight excluding hydrogens is 446 g/mol. The summed E-state index contributed by atoms with van der Waals surface area (Å²) in [5.41, 5.74) is 1.84. The maximum atomic E-state index is 13.5. The first kappa shape index (κ1) is 21.6. The number of anilines is 1. The van der Waals surface area contributed by atoms with Gasteiger partial charge in [0, 0.05) is 10.4 Å². The Labute approximate surface area is 189 Å². The van der Waals surface area contributed by atoms with Gasteiger partial charge in [0.1, 0.15) is 10.9 Å². The van der Waals surface area contributed by atoms with Crippen molar-refractivity contribution in [2.24, 2.45) is 0 Å². The molecule has 1 heterocycles. The molecule has 0 atom stereocenters. The Morgan fingerprint density at radius 1 is 1.09 bits per heavy atom. The number of nitrogens with one attached hydrogen (secondary N) is 1. The fourth-order valence-corrected chi connectivity index (χ4v) is 5.64. The molecule has 0 aliphatic heterocycles. The molecule has 0 radical (unpaired) electrons. The van der Waals surface area contributed by atoms with Gasteiger partial charge in [0.05, 0.1) is 34.9 Å². The maximum absolute atomic E-state index is 13.5. The molecular formula is C23H17N3O4S2.